The van der Waals surface area contributed by atoms with Gasteiger partial charge in [-0.1, -0.05) is 11.6 Å². The molecule has 0 unspecified atom stereocenters. The normalized spacial score (nSPS) is 14.0. The third-order valence-corrected chi connectivity index (χ3v) is 3.89. The fourth-order valence-electron chi connectivity index (χ4n) is 3.01. The van der Waals surface area contributed by atoms with Crippen LogP contribution >= 0.6 is 12.4 Å². The summed E-state index contributed by atoms with van der Waals surface area (Å²) in [6, 6.07) is 6.61. The maximum absolute atomic E-state index is 4.87. The van der Waals surface area contributed by atoms with Crippen LogP contribution in [0.3, 0.4) is 0 Å². The number of pyridine rings is 1. The van der Waals surface area contributed by atoms with Crippen molar-refractivity contribution in [3.05, 3.63) is 40.6 Å². The van der Waals surface area contributed by atoms with E-state index >= 15 is 0 Å². The molecule has 19 heavy (non-hydrogen) atoms. The number of hydrogen-bond donors (Lipinski definition) is 1. The van der Waals surface area contributed by atoms with Gasteiger partial charge in [-0.05, 0) is 62.9 Å². The van der Waals surface area contributed by atoms with Crippen molar-refractivity contribution in [2.75, 3.05) is 7.05 Å². The molecule has 1 heterocycles. The number of nitrogens with zero attached hydrogens (tertiary/aromatic N) is 1. The molecule has 0 spiro atoms. The van der Waals surface area contributed by atoms with E-state index in [1.54, 1.807) is 0 Å². The molecule has 1 aromatic carbocycles. The van der Waals surface area contributed by atoms with Gasteiger partial charge in [0.1, 0.15) is 0 Å². The molecule has 0 atom stereocenters. The summed E-state index contributed by atoms with van der Waals surface area (Å²) in [7, 11) is 2.03. The second-order valence-electron chi connectivity index (χ2n) is 5.27. The first kappa shape index (κ1) is 14.3. The maximum Gasteiger partial charge on any atom is 0.0708 e. The minimum absolute atomic E-state index is 0. The predicted molar refractivity (Wildman–Crippen MR) is 83.1 cm³/mol. The van der Waals surface area contributed by atoms with E-state index in [-0.39, 0.29) is 12.4 Å². The number of halogens is 1. The van der Waals surface area contributed by atoms with Crippen molar-refractivity contribution in [3.8, 4) is 0 Å². The summed E-state index contributed by atoms with van der Waals surface area (Å²) in [5.74, 6) is 0. The van der Waals surface area contributed by atoms with Gasteiger partial charge in [-0.25, -0.2) is 0 Å². The highest BCUT2D eigenvalue weighted by atomic mass is 35.5. The first-order chi connectivity index (χ1) is 8.79. The van der Waals surface area contributed by atoms with Crippen LogP contribution in [0.1, 0.15) is 35.2 Å². The summed E-state index contributed by atoms with van der Waals surface area (Å²) < 4.78 is 0. The van der Waals surface area contributed by atoms with Gasteiger partial charge in [-0.15, -0.1) is 12.4 Å². The van der Waals surface area contributed by atoms with Gasteiger partial charge in [-0.3, -0.25) is 4.98 Å². The summed E-state index contributed by atoms with van der Waals surface area (Å²) in [5, 5.41) is 4.66. The average Bonchev–Trinajstić information content (AvgIpc) is 2.39. The van der Waals surface area contributed by atoms with Crippen LogP contribution in [0, 0.1) is 6.92 Å². The SMILES string of the molecule is CNCc1c2c(nc3ccc(C)cc13)CCCC2.Cl. The molecule has 1 aliphatic carbocycles. The highest BCUT2D eigenvalue weighted by Gasteiger charge is 2.17. The molecule has 0 saturated carbocycles. The van der Waals surface area contributed by atoms with Crippen molar-refractivity contribution < 1.29 is 0 Å². The third kappa shape index (κ3) is 2.60. The van der Waals surface area contributed by atoms with Crippen molar-refractivity contribution in [3.63, 3.8) is 0 Å². The lowest BCUT2D eigenvalue weighted by Gasteiger charge is -2.21. The Balaban J connectivity index is 0.00000133. The van der Waals surface area contributed by atoms with Gasteiger partial charge in [0, 0.05) is 17.6 Å². The zero-order valence-electron chi connectivity index (χ0n) is 11.6. The van der Waals surface area contributed by atoms with Gasteiger partial charge < -0.3 is 5.32 Å². The second-order valence-corrected chi connectivity index (χ2v) is 5.27. The quantitative estimate of drug-likeness (QED) is 0.907. The van der Waals surface area contributed by atoms with E-state index in [1.165, 1.54) is 47.0 Å². The molecular formula is C16H21ClN2. The third-order valence-electron chi connectivity index (χ3n) is 3.89. The van der Waals surface area contributed by atoms with E-state index in [2.05, 4.69) is 30.4 Å². The summed E-state index contributed by atoms with van der Waals surface area (Å²) in [6.45, 7) is 3.10. The number of fused-ring (bicyclic) bond motifs is 2. The maximum atomic E-state index is 4.87. The molecule has 1 aliphatic rings. The molecule has 2 nitrogen and oxygen atoms in total. The van der Waals surface area contributed by atoms with Crippen molar-refractivity contribution in [2.45, 2.75) is 39.2 Å². The monoisotopic (exact) mass is 276 g/mol. The van der Waals surface area contributed by atoms with Gasteiger partial charge in [0.2, 0.25) is 0 Å². The highest BCUT2D eigenvalue weighted by Crippen LogP contribution is 2.29. The van der Waals surface area contributed by atoms with E-state index in [1.807, 2.05) is 7.05 Å². The molecule has 0 radical (unpaired) electrons. The molecule has 0 saturated heterocycles. The Labute approximate surface area is 121 Å². The molecule has 0 aliphatic heterocycles. The molecule has 0 fully saturated rings. The Morgan fingerprint density at radius 1 is 1.21 bits per heavy atom. The van der Waals surface area contributed by atoms with E-state index in [9.17, 15) is 0 Å². The van der Waals surface area contributed by atoms with E-state index in [0.717, 1.165) is 18.5 Å². The van der Waals surface area contributed by atoms with Crippen molar-refractivity contribution in [1.82, 2.24) is 10.3 Å². The highest BCUT2D eigenvalue weighted by molar-refractivity contribution is 5.85. The molecule has 3 rings (SSSR count). The van der Waals surface area contributed by atoms with Gasteiger partial charge in [0.15, 0.2) is 0 Å². The Bertz CT molecular complexity index is 593. The second kappa shape index (κ2) is 5.89. The molecule has 0 bridgehead atoms. The number of benzene rings is 1. The van der Waals surface area contributed by atoms with Crippen molar-refractivity contribution in [2.24, 2.45) is 0 Å². The lowest BCUT2D eigenvalue weighted by atomic mass is 9.89. The van der Waals surface area contributed by atoms with E-state index < -0.39 is 0 Å². The number of hydrogen-bond acceptors (Lipinski definition) is 2. The Morgan fingerprint density at radius 2 is 2.00 bits per heavy atom. The van der Waals surface area contributed by atoms with Crippen LogP contribution in [-0.4, -0.2) is 12.0 Å². The number of nitrogens with one attached hydrogen (secondary N) is 1. The fourth-order valence-corrected chi connectivity index (χ4v) is 3.01. The van der Waals surface area contributed by atoms with Crippen LogP contribution in [0.5, 0.6) is 0 Å². The largest absolute Gasteiger partial charge is 0.316 e. The summed E-state index contributed by atoms with van der Waals surface area (Å²) in [5.41, 5.74) is 6.79. The van der Waals surface area contributed by atoms with Gasteiger partial charge >= 0.3 is 0 Å². The molecule has 3 heteroatoms. The topological polar surface area (TPSA) is 24.9 Å². The van der Waals surface area contributed by atoms with Crippen LogP contribution in [0.2, 0.25) is 0 Å². The molecular weight excluding hydrogens is 256 g/mol. The lowest BCUT2D eigenvalue weighted by Crippen LogP contribution is -2.14. The minimum Gasteiger partial charge on any atom is -0.316 e. The van der Waals surface area contributed by atoms with E-state index in [0.29, 0.717) is 0 Å². The summed E-state index contributed by atoms with van der Waals surface area (Å²) in [6.07, 6.45) is 4.94. The first-order valence-electron chi connectivity index (χ1n) is 6.85. The van der Waals surface area contributed by atoms with Crippen LogP contribution in [-0.2, 0) is 19.4 Å². The van der Waals surface area contributed by atoms with E-state index in [4.69, 9.17) is 4.98 Å². The molecule has 102 valence electrons. The van der Waals surface area contributed by atoms with Crippen LogP contribution < -0.4 is 5.32 Å². The smallest absolute Gasteiger partial charge is 0.0708 e. The van der Waals surface area contributed by atoms with Crippen molar-refractivity contribution in [1.29, 1.82) is 0 Å². The Kier molecular flexibility index (Phi) is 4.43. The fraction of sp³-hybridized carbons (Fsp3) is 0.438. The standard InChI is InChI=1S/C16H20N2.ClH/c1-11-7-8-16-13(9-11)14(10-17-2)12-5-3-4-6-15(12)18-16;/h7-9,17H,3-6,10H2,1-2H3;1H. The van der Waals surface area contributed by atoms with Gasteiger partial charge in [0.25, 0.3) is 0 Å². The molecule has 1 N–H and O–H groups in total. The summed E-state index contributed by atoms with van der Waals surface area (Å²) in [4.78, 5) is 4.87. The average molecular weight is 277 g/mol. The van der Waals surface area contributed by atoms with Crippen LogP contribution in [0.15, 0.2) is 18.2 Å². The van der Waals surface area contributed by atoms with Crippen molar-refractivity contribution >= 4 is 23.3 Å². The first-order valence-corrected chi connectivity index (χ1v) is 6.85. The Morgan fingerprint density at radius 3 is 2.79 bits per heavy atom. The molecule has 2 aromatic rings. The molecule has 0 amide bonds. The number of rotatable bonds is 2. The number of aryl methyl sites for hydroxylation is 2. The van der Waals surface area contributed by atoms with Gasteiger partial charge in [0.05, 0.1) is 5.52 Å². The lowest BCUT2D eigenvalue weighted by molar-refractivity contribution is 0.659. The van der Waals surface area contributed by atoms with Crippen LogP contribution in [0.4, 0.5) is 0 Å². The van der Waals surface area contributed by atoms with Gasteiger partial charge in [-0.2, -0.15) is 0 Å². The minimum atomic E-state index is 0. The molecule has 1 aromatic heterocycles. The predicted octanol–water partition coefficient (Wildman–Crippen LogP) is 3.56. The Hall–Kier alpha value is -1.12. The van der Waals surface area contributed by atoms with Crippen LogP contribution in [0.25, 0.3) is 10.9 Å². The number of aromatic nitrogens is 1. The zero-order chi connectivity index (χ0) is 12.5. The zero-order valence-corrected chi connectivity index (χ0v) is 12.4. The summed E-state index contributed by atoms with van der Waals surface area (Å²) >= 11 is 0.